The molecule has 1 rings (SSSR count). The first-order chi connectivity index (χ1) is 10.7. The van der Waals surface area contributed by atoms with Gasteiger partial charge >= 0.3 is 12.0 Å². The first kappa shape index (κ1) is 19.0. The van der Waals surface area contributed by atoms with Gasteiger partial charge in [0.15, 0.2) is 0 Å². The summed E-state index contributed by atoms with van der Waals surface area (Å²) in [6.45, 7) is 7.74. The lowest BCUT2D eigenvalue weighted by Gasteiger charge is -2.28. The van der Waals surface area contributed by atoms with Crippen molar-refractivity contribution in [2.45, 2.75) is 20.8 Å². The summed E-state index contributed by atoms with van der Waals surface area (Å²) in [7, 11) is 4.01. The maximum Gasteiger partial charge on any atom is 0.338 e. The number of anilines is 1. The zero-order chi connectivity index (χ0) is 17.5. The maximum atomic E-state index is 11.9. The van der Waals surface area contributed by atoms with Crippen LogP contribution in [0.3, 0.4) is 0 Å². The second-order valence-corrected chi connectivity index (χ2v) is 6.51. The van der Waals surface area contributed by atoms with E-state index in [1.54, 1.807) is 31.2 Å². The van der Waals surface area contributed by atoms with Gasteiger partial charge in [-0.25, -0.2) is 9.59 Å². The molecule has 0 spiro atoms. The fraction of sp³-hybridized carbons (Fsp3) is 0.529. The van der Waals surface area contributed by atoms with Crippen molar-refractivity contribution in [3.05, 3.63) is 29.8 Å². The predicted octanol–water partition coefficient (Wildman–Crippen LogP) is 2.57. The molecule has 1 aromatic rings. The van der Waals surface area contributed by atoms with Gasteiger partial charge in [-0.3, -0.25) is 0 Å². The molecule has 0 fully saturated rings. The molecule has 0 unspecified atom stereocenters. The minimum Gasteiger partial charge on any atom is -0.462 e. The molecule has 0 aliphatic rings. The van der Waals surface area contributed by atoms with Crippen LogP contribution < -0.4 is 10.6 Å². The minimum atomic E-state index is -0.367. The highest BCUT2D eigenvalue weighted by Crippen LogP contribution is 2.14. The van der Waals surface area contributed by atoms with E-state index in [0.717, 1.165) is 6.54 Å². The number of nitrogens with zero attached hydrogens (tertiary/aromatic N) is 1. The molecule has 1 aromatic carbocycles. The van der Waals surface area contributed by atoms with Gasteiger partial charge in [0, 0.05) is 18.8 Å². The highest BCUT2D eigenvalue weighted by molar-refractivity contribution is 5.92. The average Bonchev–Trinajstić information content (AvgIpc) is 2.45. The fourth-order valence-corrected chi connectivity index (χ4v) is 2.31. The van der Waals surface area contributed by atoms with Crippen LogP contribution in [0.15, 0.2) is 24.3 Å². The first-order valence-corrected chi connectivity index (χ1v) is 7.70. The van der Waals surface area contributed by atoms with Crippen LogP contribution in [0.2, 0.25) is 0 Å². The molecule has 6 nitrogen and oxygen atoms in total. The zero-order valence-corrected chi connectivity index (χ0v) is 14.6. The lowest BCUT2D eigenvalue weighted by atomic mass is 9.93. The van der Waals surface area contributed by atoms with Crippen LogP contribution >= 0.6 is 0 Å². The Balaban J connectivity index is 2.50. The van der Waals surface area contributed by atoms with E-state index < -0.39 is 0 Å². The highest BCUT2D eigenvalue weighted by atomic mass is 16.5. The molecule has 23 heavy (non-hydrogen) atoms. The van der Waals surface area contributed by atoms with E-state index in [0.29, 0.717) is 24.4 Å². The lowest BCUT2D eigenvalue weighted by Crippen LogP contribution is -2.41. The Kier molecular flexibility index (Phi) is 7.03. The van der Waals surface area contributed by atoms with Crippen LogP contribution in [0, 0.1) is 5.41 Å². The van der Waals surface area contributed by atoms with Crippen LogP contribution in [0.25, 0.3) is 0 Å². The Bertz CT molecular complexity index is 524. The molecule has 2 N–H and O–H groups in total. The predicted molar refractivity (Wildman–Crippen MR) is 91.8 cm³/mol. The van der Waals surface area contributed by atoms with E-state index in [2.05, 4.69) is 29.4 Å². The third-order valence-electron chi connectivity index (χ3n) is 3.13. The summed E-state index contributed by atoms with van der Waals surface area (Å²) in [4.78, 5) is 25.6. The first-order valence-electron chi connectivity index (χ1n) is 7.70. The molecule has 0 radical (unpaired) electrons. The highest BCUT2D eigenvalue weighted by Gasteiger charge is 2.19. The van der Waals surface area contributed by atoms with Gasteiger partial charge in [0.05, 0.1) is 12.2 Å². The number of nitrogens with one attached hydrogen (secondary N) is 2. The summed E-state index contributed by atoms with van der Waals surface area (Å²) < 4.78 is 4.91. The second-order valence-electron chi connectivity index (χ2n) is 6.51. The van der Waals surface area contributed by atoms with Crippen molar-refractivity contribution in [2.24, 2.45) is 5.41 Å². The Labute approximate surface area is 138 Å². The Morgan fingerprint density at radius 2 is 1.78 bits per heavy atom. The molecular weight excluding hydrogens is 294 g/mol. The van der Waals surface area contributed by atoms with Crippen molar-refractivity contribution in [2.75, 3.05) is 39.1 Å². The standard InChI is InChI=1S/C17H27N3O3/c1-6-23-15(21)13-7-9-14(10-8-13)19-16(22)18-11-17(2,3)12-20(4)5/h7-10H,6,11-12H2,1-5H3,(H2,18,19,22). The number of benzene rings is 1. The van der Waals surface area contributed by atoms with E-state index in [1.165, 1.54) is 0 Å². The fourth-order valence-electron chi connectivity index (χ4n) is 2.31. The van der Waals surface area contributed by atoms with Gasteiger partial charge in [0.1, 0.15) is 0 Å². The topological polar surface area (TPSA) is 70.7 Å². The molecule has 128 valence electrons. The molecule has 0 aromatic heterocycles. The smallest absolute Gasteiger partial charge is 0.338 e. The summed E-state index contributed by atoms with van der Waals surface area (Å²) in [5.74, 6) is -0.367. The third kappa shape index (κ3) is 7.15. The number of ether oxygens (including phenoxy) is 1. The van der Waals surface area contributed by atoms with E-state index in [9.17, 15) is 9.59 Å². The number of amides is 2. The van der Waals surface area contributed by atoms with Crippen molar-refractivity contribution in [3.8, 4) is 0 Å². The zero-order valence-electron chi connectivity index (χ0n) is 14.6. The molecule has 0 bridgehead atoms. The van der Waals surface area contributed by atoms with Gasteiger partial charge in [0.2, 0.25) is 0 Å². The third-order valence-corrected chi connectivity index (χ3v) is 3.13. The Morgan fingerprint density at radius 1 is 1.17 bits per heavy atom. The molecule has 0 heterocycles. The summed E-state index contributed by atoms with van der Waals surface area (Å²) in [6, 6.07) is 6.35. The normalized spacial score (nSPS) is 11.2. The van der Waals surface area contributed by atoms with Gasteiger partial charge in [0.25, 0.3) is 0 Å². The number of rotatable bonds is 7. The Hall–Kier alpha value is -2.08. The maximum absolute atomic E-state index is 11.9. The van der Waals surface area contributed by atoms with Crippen LogP contribution in [-0.4, -0.2) is 50.7 Å². The monoisotopic (exact) mass is 321 g/mol. The molecular formula is C17H27N3O3. The lowest BCUT2D eigenvalue weighted by molar-refractivity contribution is 0.0526. The summed E-state index contributed by atoms with van der Waals surface area (Å²) in [6.07, 6.45) is 0. The van der Waals surface area contributed by atoms with Crippen molar-refractivity contribution < 1.29 is 14.3 Å². The number of carbonyl (C=O) groups is 2. The molecule has 0 aliphatic heterocycles. The van der Waals surface area contributed by atoms with Crippen molar-refractivity contribution >= 4 is 17.7 Å². The number of esters is 1. The van der Waals surface area contributed by atoms with Crippen molar-refractivity contribution in [1.29, 1.82) is 0 Å². The number of carbonyl (C=O) groups excluding carboxylic acids is 2. The summed E-state index contributed by atoms with van der Waals surface area (Å²) >= 11 is 0. The van der Waals surface area contributed by atoms with E-state index >= 15 is 0 Å². The van der Waals surface area contributed by atoms with Gasteiger partial charge < -0.3 is 20.3 Å². The Morgan fingerprint density at radius 3 is 2.30 bits per heavy atom. The number of urea groups is 1. The minimum absolute atomic E-state index is 0.0192. The molecule has 0 aliphatic carbocycles. The van der Waals surface area contributed by atoms with E-state index in [1.807, 2.05) is 14.1 Å². The quantitative estimate of drug-likeness (QED) is 0.757. The molecule has 6 heteroatoms. The number of hydrogen-bond acceptors (Lipinski definition) is 4. The molecule has 0 atom stereocenters. The summed E-state index contributed by atoms with van der Waals surface area (Å²) in [5, 5.41) is 5.62. The average molecular weight is 321 g/mol. The molecule has 2 amide bonds. The summed E-state index contributed by atoms with van der Waals surface area (Å²) in [5.41, 5.74) is 1.07. The van der Waals surface area contributed by atoms with Crippen molar-refractivity contribution in [3.63, 3.8) is 0 Å². The SMILES string of the molecule is CCOC(=O)c1ccc(NC(=O)NCC(C)(C)CN(C)C)cc1. The van der Waals surface area contributed by atoms with Crippen molar-refractivity contribution in [1.82, 2.24) is 10.2 Å². The van der Waals surface area contributed by atoms with Crippen LogP contribution in [0.4, 0.5) is 10.5 Å². The van der Waals surface area contributed by atoms with Gasteiger partial charge in [-0.1, -0.05) is 13.8 Å². The van der Waals surface area contributed by atoms with Crippen LogP contribution in [0.5, 0.6) is 0 Å². The van der Waals surface area contributed by atoms with E-state index in [-0.39, 0.29) is 17.4 Å². The number of hydrogen-bond donors (Lipinski definition) is 2. The van der Waals surface area contributed by atoms with Gasteiger partial charge in [-0.15, -0.1) is 0 Å². The molecule has 0 saturated carbocycles. The second kappa shape index (κ2) is 8.53. The van der Waals surface area contributed by atoms with Gasteiger partial charge in [-0.2, -0.15) is 0 Å². The van der Waals surface area contributed by atoms with Gasteiger partial charge in [-0.05, 0) is 50.7 Å². The van der Waals surface area contributed by atoms with Crippen LogP contribution in [0.1, 0.15) is 31.1 Å². The largest absolute Gasteiger partial charge is 0.462 e. The molecule has 0 saturated heterocycles. The van der Waals surface area contributed by atoms with Crippen LogP contribution in [-0.2, 0) is 4.74 Å². The van der Waals surface area contributed by atoms with E-state index in [4.69, 9.17) is 4.74 Å².